The molecule has 0 aromatic heterocycles. The fourth-order valence-electron chi connectivity index (χ4n) is 2.82. The molecular weight excluding hydrogens is 254 g/mol. The van der Waals surface area contributed by atoms with Gasteiger partial charge in [-0.1, -0.05) is 12.1 Å². The zero-order valence-electron chi connectivity index (χ0n) is 11.6. The summed E-state index contributed by atoms with van der Waals surface area (Å²) in [5.74, 6) is 0.634. The molecule has 0 bridgehead atoms. The first-order chi connectivity index (χ1) is 9.36. The first-order valence-electron chi connectivity index (χ1n) is 7.36. The van der Waals surface area contributed by atoms with E-state index in [-0.39, 0.29) is 6.10 Å². The molecule has 1 aliphatic carbocycles. The lowest BCUT2D eigenvalue weighted by Crippen LogP contribution is -2.32. The molecule has 2 fully saturated rings. The van der Waals surface area contributed by atoms with E-state index in [1.165, 1.54) is 36.1 Å². The fraction of sp³-hybridized carbons (Fsp3) is 0.625. The Balaban J connectivity index is 1.66. The van der Waals surface area contributed by atoms with Crippen molar-refractivity contribution in [2.75, 3.05) is 19.4 Å². The molecule has 2 atom stereocenters. The van der Waals surface area contributed by atoms with Crippen molar-refractivity contribution in [1.29, 1.82) is 0 Å². The summed E-state index contributed by atoms with van der Waals surface area (Å²) in [4.78, 5) is 1.33. The maximum absolute atomic E-state index is 6.06. The van der Waals surface area contributed by atoms with E-state index in [4.69, 9.17) is 4.74 Å². The Morgan fingerprint density at radius 1 is 1.21 bits per heavy atom. The van der Waals surface area contributed by atoms with Gasteiger partial charge in [-0.15, -0.1) is 11.8 Å². The molecule has 1 saturated heterocycles. The van der Waals surface area contributed by atoms with Crippen LogP contribution >= 0.6 is 11.8 Å². The van der Waals surface area contributed by atoms with Gasteiger partial charge in [0.05, 0.1) is 6.10 Å². The van der Waals surface area contributed by atoms with Crippen molar-refractivity contribution >= 4 is 11.8 Å². The normalized spacial score (nSPS) is 27.4. The first kappa shape index (κ1) is 13.5. The number of hydrogen-bond acceptors (Lipinski definition) is 3. The van der Waals surface area contributed by atoms with Crippen LogP contribution in [0.4, 0.5) is 0 Å². The lowest BCUT2D eigenvalue weighted by molar-refractivity contribution is -0.0278. The monoisotopic (exact) mass is 277 g/mol. The van der Waals surface area contributed by atoms with Gasteiger partial charge in [-0.3, -0.25) is 0 Å². The molecule has 0 spiro atoms. The molecule has 0 amide bonds. The van der Waals surface area contributed by atoms with Crippen molar-refractivity contribution in [3.63, 3.8) is 0 Å². The predicted molar refractivity (Wildman–Crippen MR) is 80.7 cm³/mol. The second kappa shape index (κ2) is 6.29. The largest absolute Gasteiger partial charge is 0.373 e. The van der Waals surface area contributed by atoms with Crippen molar-refractivity contribution in [3.05, 3.63) is 29.8 Å². The molecule has 104 valence electrons. The minimum atomic E-state index is 0.288. The highest BCUT2D eigenvalue weighted by Crippen LogP contribution is 2.34. The smallest absolute Gasteiger partial charge is 0.0865 e. The number of benzene rings is 1. The summed E-state index contributed by atoms with van der Waals surface area (Å²) in [6, 6.07) is 9.70. The Morgan fingerprint density at radius 2 is 2.00 bits per heavy atom. The summed E-state index contributed by atoms with van der Waals surface area (Å²) in [7, 11) is 0. The molecule has 1 aromatic rings. The zero-order valence-corrected chi connectivity index (χ0v) is 12.4. The van der Waals surface area contributed by atoms with Crippen molar-refractivity contribution in [2.45, 2.75) is 42.7 Å². The predicted octanol–water partition coefficient (Wildman–Crippen LogP) is 3.63. The second-order valence-corrected chi connectivity index (χ2v) is 6.53. The molecular formula is C16H23NOS. The molecule has 1 aromatic carbocycles. The van der Waals surface area contributed by atoms with Crippen LogP contribution in [0.5, 0.6) is 0 Å². The van der Waals surface area contributed by atoms with E-state index in [2.05, 4.69) is 35.8 Å². The van der Waals surface area contributed by atoms with Crippen LogP contribution < -0.4 is 5.32 Å². The van der Waals surface area contributed by atoms with E-state index in [1.807, 2.05) is 0 Å². The van der Waals surface area contributed by atoms with Gasteiger partial charge < -0.3 is 10.1 Å². The van der Waals surface area contributed by atoms with Crippen molar-refractivity contribution in [3.8, 4) is 0 Å². The number of hydrogen-bond donors (Lipinski definition) is 1. The van der Waals surface area contributed by atoms with Crippen LogP contribution in [0.1, 0.15) is 37.4 Å². The van der Waals surface area contributed by atoms with E-state index < -0.39 is 0 Å². The van der Waals surface area contributed by atoms with E-state index >= 15 is 0 Å². The Labute approximate surface area is 120 Å². The van der Waals surface area contributed by atoms with Crippen LogP contribution in [0.25, 0.3) is 0 Å². The molecule has 19 heavy (non-hydrogen) atoms. The van der Waals surface area contributed by atoms with Gasteiger partial charge in [0.1, 0.15) is 0 Å². The Bertz CT molecular complexity index is 402. The second-order valence-electron chi connectivity index (χ2n) is 5.65. The van der Waals surface area contributed by atoms with Gasteiger partial charge in [0.25, 0.3) is 0 Å². The van der Waals surface area contributed by atoms with Gasteiger partial charge in [0.2, 0.25) is 0 Å². The Morgan fingerprint density at radius 3 is 2.68 bits per heavy atom. The van der Waals surface area contributed by atoms with Gasteiger partial charge in [0, 0.05) is 30.0 Å². The third-order valence-corrected chi connectivity index (χ3v) is 4.88. The van der Waals surface area contributed by atoms with Crippen molar-refractivity contribution in [2.24, 2.45) is 5.92 Å². The van der Waals surface area contributed by atoms with Gasteiger partial charge in [-0.05, 0) is 49.6 Å². The lowest BCUT2D eigenvalue weighted by atomic mass is 9.89. The van der Waals surface area contributed by atoms with E-state index in [9.17, 15) is 0 Å². The summed E-state index contributed by atoms with van der Waals surface area (Å²) in [6.45, 7) is 2.02. The summed E-state index contributed by atoms with van der Waals surface area (Å²) in [5, 5.41) is 3.66. The topological polar surface area (TPSA) is 21.3 Å². The summed E-state index contributed by atoms with van der Waals surface area (Å²) < 4.78 is 6.06. The number of ether oxygens (including phenoxy) is 1. The molecule has 1 aliphatic heterocycles. The van der Waals surface area contributed by atoms with Gasteiger partial charge in [-0.25, -0.2) is 0 Å². The Kier molecular flexibility index (Phi) is 4.46. The third-order valence-electron chi connectivity index (χ3n) is 4.14. The zero-order chi connectivity index (χ0) is 13.1. The summed E-state index contributed by atoms with van der Waals surface area (Å²) in [5.41, 5.74) is 1.35. The quantitative estimate of drug-likeness (QED) is 0.831. The number of thioether (sulfide) groups is 1. The maximum atomic E-state index is 6.06. The molecule has 1 heterocycles. The molecule has 2 unspecified atom stereocenters. The van der Waals surface area contributed by atoms with Crippen LogP contribution in [0.15, 0.2) is 29.2 Å². The van der Waals surface area contributed by atoms with E-state index in [0.29, 0.717) is 5.92 Å². The average molecular weight is 277 g/mol. The molecule has 2 aliphatic rings. The van der Waals surface area contributed by atoms with E-state index in [0.717, 1.165) is 19.2 Å². The number of nitrogens with one attached hydrogen (secondary N) is 1. The molecule has 2 nitrogen and oxygen atoms in total. The fourth-order valence-corrected chi connectivity index (χ4v) is 3.23. The van der Waals surface area contributed by atoms with Crippen LogP contribution in [0, 0.1) is 5.92 Å². The molecule has 3 rings (SSSR count). The lowest BCUT2D eigenvalue weighted by Gasteiger charge is -2.32. The van der Waals surface area contributed by atoms with Gasteiger partial charge >= 0.3 is 0 Å². The Hall–Kier alpha value is -0.510. The third kappa shape index (κ3) is 3.53. The average Bonchev–Trinajstić information content (AvgIpc) is 3.30. The standard InChI is InChI=1S/C16H23NOS/c1-19-15-8-4-12(5-9-15)16-13(3-2-10-18-16)11-17-14-6-7-14/h4-5,8-9,13-14,16-17H,2-3,6-7,10-11H2,1H3. The molecule has 0 radical (unpaired) electrons. The minimum absolute atomic E-state index is 0.288. The highest BCUT2D eigenvalue weighted by molar-refractivity contribution is 7.98. The van der Waals surface area contributed by atoms with Crippen molar-refractivity contribution in [1.82, 2.24) is 5.32 Å². The summed E-state index contributed by atoms with van der Waals surface area (Å²) >= 11 is 1.79. The highest BCUT2D eigenvalue weighted by atomic mass is 32.2. The maximum Gasteiger partial charge on any atom is 0.0865 e. The highest BCUT2D eigenvalue weighted by Gasteiger charge is 2.29. The summed E-state index contributed by atoms with van der Waals surface area (Å²) in [6.07, 6.45) is 7.62. The number of rotatable bonds is 5. The van der Waals surface area contributed by atoms with Gasteiger partial charge in [-0.2, -0.15) is 0 Å². The molecule has 1 saturated carbocycles. The van der Waals surface area contributed by atoms with Gasteiger partial charge in [0.15, 0.2) is 0 Å². The SMILES string of the molecule is CSc1ccc(C2OCCCC2CNC2CC2)cc1. The van der Waals surface area contributed by atoms with E-state index in [1.54, 1.807) is 11.8 Å². The van der Waals surface area contributed by atoms with Crippen LogP contribution in [0.2, 0.25) is 0 Å². The molecule has 3 heteroatoms. The minimum Gasteiger partial charge on any atom is -0.373 e. The molecule has 1 N–H and O–H groups in total. The van der Waals surface area contributed by atoms with Crippen LogP contribution in [0.3, 0.4) is 0 Å². The van der Waals surface area contributed by atoms with Crippen LogP contribution in [-0.4, -0.2) is 25.4 Å². The van der Waals surface area contributed by atoms with Crippen LogP contribution in [-0.2, 0) is 4.74 Å². The van der Waals surface area contributed by atoms with Crippen molar-refractivity contribution < 1.29 is 4.74 Å². The first-order valence-corrected chi connectivity index (χ1v) is 8.58.